The van der Waals surface area contributed by atoms with Crippen molar-refractivity contribution < 1.29 is 14.1 Å². The molecule has 0 aliphatic carbocycles. The molecule has 0 radical (unpaired) electrons. The van der Waals surface area contributed by atoms with Crippen LogP contribution in [-0.4, -0.2) is 51.2 Å². The van der Waals surface area contributed by atoms with Crippen LogP contribution in [0.4, 0.5) is 5.13 Å². The minimum atomic E-state index is -0.138. The second kappa shape index (κ2) is 9.86. The average Bonchev–Trinajstić information content (AvgIpc) is 3.36. The van der Waals surface area contributed by atoms with Crippen LogP contribution in [0.15, 0.2) is 34.2 Å². The number of hydrogen-bond acceptors (Lipinski definition) is 8. The minimum absolute atomic E-state index is 0.138. The third-order valence-electron chi connectivity index (χ3n) is 4.82. The number of halogens is 1. The van der Waals surface area contributed by atoms with Crippen molar-refractivity contribution in [2.45, 2.75) is 45.4 Å². The highest BCUT2D eigenvalue weighted by molar-refractivity contribution is 7.13. The first-order valence-corrected chi connectivity index (χ1v) is 11.4. The summed E-state index contributed by atoms with van der Waals surface area (Å²) in [6.07, 6.45) is 1.02. The van der Waals surface area contributed by atoms with E-state index in [1.807, 2.05) is 17.5 Å². The molecular weight excluding hydrogens is 438 g/mol. The van der Waals surface area contributed by atoms with Crippen molar-refractivity contribution in [2.75, 3.05) is 18.4 Å². The van der Waals surface area contributed by atoms with Crippen LogP contribution in [0.1, 0.15) is 31.9 Å². The van der Waals surface area contributed by atoms with Crippen LogP contribution >= 0.6 is 22.9 Å². The van der Waals surface area contributed by atoms with E-state index in [0.29, 0.717) is 28.3 Å². The highest BCUT2D eigenvalue weighted by atomic mass is 35.5. The third kappa shape index (κ3) is 6.10. The van der Waals surface area contributed by atoms with Crippen LogP contribution in [0.25, 0.3) is 11.4 Å². The van der Waals surface area contributed by atoms with Gasteiger partial charge in [-0.25, -0.2) is 4.98 Å². The largest absolute Gasteiger partial charge is 0.373 e. The molecule has 1 aliphatic rings. The summed E-state index contributed by atoms with van der Waals surface area (Å²) in [7, 11) is 0. The normalized spacial score (nSPS) is 19.5. The van der Waals surface area contributed by atoms with Crippen molar-refractivity contribution in [1.29, 1.82) is 0 Å². The number of carbonyl (C=O) groups is 1. The van der Waals surface area contributed by atoms with Crippen molar-refractivity contribution in [3.05, 3.63) is 46.3 Å². The second-order valence-corrected chi connectivity index (χ2v) is 8.96. The summed E-state index contributed by atoms with van der Waals surface area (Å²) in [5.41, 5.74) is 1.76. The Kier molecular flexibility index (Phi) is 6.96. The van der Waals surface area contributed by atoms with E-state index in [1.165, 1.54) is 11.3 Å². The van der Waals surface area contributed by atoms with Crippen LogP contribution in [0.3, 0.4) is 0 Å². The van der Waals surface area contributed by atoms with Gasteiger partial charge < -0.3 is 14.6 Å². The van der Waals surface area contributed by atoms with Gasteiger partial charge in [-0.05, 0) is 38.1 Å². The Hall–Kier alpha value is -2.33. The van der Waals surface area contributed by atoms with E-state index in [0.717, 1.165) is 30.9 Å². The van der Waals surface area contributed by atoms with Crippen molar-refractivity contribution in [2.24, 2.45) is 0 Å². The van der Waals surface area contributed by atoms with Gasteiger partial charge in [-0.1, -0.05) is 16.8 Å². The summed E-state index contributed by atoms with van der Waals surface area (Å²) in [5.74, 6) is 0.750. The quantitative estimate of drug-likeness (QED) is 0.567. The highest BCUT2D eigenvalue weighted by Gasteiger charge is 2.23. The van der Waals surface area contributed by atoms with E-state index in [1.54, 1.807) is 12.1 Å². The number of nitrogens with zero attached hydrogens (tertiary/aromatic N) is 4. The molecule has 2 aromatic heterocycles. The summed E-state index contributed by atoms with van der Waals surface area (Å²) >= 11 is 7.33. The van der Waals surface area contributed by atoms with E-state index in [4.69, 9.17) is 20.9 Å². The van der Waals surface area contributed by atoms with Gasteiger partial charge >= 0.3 is 0 Å². The Bertz CT molecular complexity index is 1010. The number of hydrogen-bond donors (Lipinski definition) is 1. The maximum atomic E-state index is 12.3. The number of anilines is 1. The predicted molar refractivity (Wildman–Crippen MR) is 119 cm³/mol. The molecule has 0 spiro atoms. The molecule has 3 aromatic rings. The molecule has 2 atom stereocenters. The molecule has 4 rings (SSSR count). The Labute approximate surface area is 189 Å². The number of amides is 1. The molecule has 2 unspecified atom stereocenters. The zero-order valence-electron chi connectivity index (χ0n) is 17.4. The number of carbonyl (C=O) groups excluding carboxylic acids is 1. The van der Waals surface area contributed by atoms with Crippen LogP contribution in [-0.2, 0) is 22.5 Å². The van der Waals surface area contributed by atoms with Gasteiger partial charge in [0.25, 0.3) is 0 Å². The number of benzene rings is 1. The first kappa shape index (κ1) is 21.9. The van der Waals surface area contributed by atoms with Gasteiger partial charge in [0.1, 0.15) is 0 Å². The zero-order valence-corrected chi connectivity index (χ0v) is 18.9. The third-order valence-corrected chi connectivity index (χ3v) is 5.87. The second-order valence-electron chi connectivity index (χ2n) is 7.66. The van der Waals surface area contributed by atoms with Crippen LogP contribution < -0.4 is 5.32 Å². The molecule has 1 fully saturated rings. The number of aromatic nitrogens is 3. The standard InChI is InChI=1S/C21H24ClN5O3S/c1-13-9-27(10-14(2)29-13)11-17-12-31-21(23-17)24-18(28)7-8-19-25-20(26-30-19)15-3-5-16(22)6-4-15/h3-6,12-14H,7-11H2,1-2H3,(H,23,24,28). The number of morpholine rings is 1. The lowest BCUT2D eigenvalue weighted by atomic mass is 10.2. The van der Waals surface area contributed by atoms with Crippen molar-refractivity contribution in [3.8, 4) is 11.4 Å². The summed E-state index contributed by atoms with van der Waals surface area (Å²) < 4.78 is 11.0. The molecule has 1 amide bonds. The Morgan fingerprint density at radius 2 is 1.97 bits per heavy atom. The number of thiazole rings is 1. The molecule has 0 saturated carbocycles. The fourth-order valence-electron chi connectivity index (χ4n) is 3.55. The predicted octanol–water partition coefficient (Wildman–Crippen LogP) is 4.03. The molecule has 164 valence electrons. The van der Waals surface area contributed by atoms with Gasteiger partial charge in [-0.2, -0.15) is 4.98 Å². The highest BCUT2D eigenvalue weighted by Crippen LogP contribution is 2.21. The number of rotatable bonds is 7. The zero-order chi connectivity index (χ0) is 21.8. The van der Waals surface area contributed by atoms with Crippen molar-refractivity contribution in [3.63, 3.8) is 0 Å². The molecule has 3 heterocycles. The Balaban J connectivity index is 1.25. The van der Waals surface area contributed by atoms with E-state index in [9.17, 15) is 4.79 Å². The fourth-order valence-corrected chi connectivity index (χ4v) is 4.40. The molecule has 0 bridgehead atoms. The van der Waals surface area contributed by atoms with Crippen LogP contribution in [0, 0.1) is 0 Å². The molecular formula is C21H24ClN5O3S. The van der Waals surface area contributed by atoms with Gasteiger partial charge in [0.05, 0.1) is 17.9 Å². The van der Waals surface area contributed by atoms with E-state index in [2.05, 4.69) is 39.2 Å². The Morgan fingerprint density at radius 3 is 2.71 bits per heavy atom. The number of ether oxygens (including phenoxy) is 1. The smallest absolute Gasteiger partial charge is 0.227 e. The molecule has 8 nitrogen and oxygen atoms in total. The molecule has 1 aromatic carbocycles. The lowest BCUT2D eigenvalue weighted by Gasteiger charge is -2.34. The fraction of sp³-hybridized carbons (Fsp3) is 0.429. The van der Waals surface area contributed by atoms with Crippen LogP contribution in [0.5, 0.6) is 0 Å². The summed E-state index contributed by atoms with van der Waals surface area (Å²) in [5, 5.41) is 10.0. The topological polar surface area (TPSA) is 93.4 Å². The molecule has 10 heteroatoms. The minimum Gasteiger partial charge on any atom is -0.373 e. The maximum Gasteiger partial charge on any atom is 0.227 e. The van der Waals surface area contributed by atoms with Crippen molar-refractivity contribution in [1.82, 2.24) is 20.0 Å². The van der Waals surface area contributed by atoms with Gasteiger partial charge in [0.2, 0.25) is 17.6 Å². The monoisotopic (exact) mass is 461 g/mol. The lowest BCUT2D eigenvalue weighted by molar-refractivity contribution is -0.116. The molecule has 1 saturated heterocycles. The molecule has 1 N–H and O–H groups in total. The van der Waals surface area contributed by atoms with E-state index in [-0.39, 0.29) is 24.5 Å². The first-order valence-electron chi connectivity index (χ1n) is 10.1. The van der Waals surface area contributed by atoms with Gasteiger partial charge in [0.15, 0.2) is 5.13 Å². The summed E-state index contributed by atoms with van der Waals surface area (Å²) in [4.78, 5) is 23.5. The van der Waals surface area contributed by atoms with Gasteiger partial charge in [0, 0.05) is 48.4 Å². The summed E-state index contributed by atoms with van der Waals surface area (Å²) in [6.45, 7) is 6.67. The van der Waals surface area contributed by atoms with Crippen LogP contribution in [0.2, 0.25) is 5.02 Å². The number of aryl methyl sites for hydroxylation is 1. The van der Waals surface area contributed by atoms with Crippen molar-refractivity contribution >= 4 is 34.0 Å². The molecule has 31 heavy (non-hydrogen) atoms. The number of nitrogens with one attached hydrogen (secondary N) is 1. The van der Waals surface area contributed by atoms with E-state index >= 15 is 0 Å². The lowest BCUT2D eigenvalue weighted by Crippen LogP contribution is -2.44. The Morgan fingerprint density at radius 1 is 1.23 bits per heavy atom. The maximum absolute atomic E-state index is 12.3. The first-order chi connectivity index (χ1) is 14.9. The average molecular weight is 462 g/mol. The van der Waals surface area contributed by atoms with Gasteiger partial charge in [-0.3, -0.25) is 9.69 Å². The summed E-state index contributed by atoms with van der Waals surface area (Å²) in [6, 6.07) is 7.18. The van der Waals surface area contributed by atoms with Gasteiger partial charge in [-0.15, -0.1) is 11.3 Å². The molecule has 1 aliphatic heterocycles. The SMILES string of the molecule is CC1CN(Cc2csc(NC(=O)CCc3nc(-c4ccc(Cl)cc4)no3)n2)CC(C)O1. The van der Waals surface area contributed by atoms with E-state index < -0.39 is 0 Å².